The van der Waals surface area contributed by atoms with E-state index in [4.69, 9.17) is 0 Å². The fourth-order valence-electron chi connectivity index (χ4n) is 2.64. The molecule has 3 rings (SSSR count). The second-order valence-corrected chi connectivity index (χ2v) is 6.32. The topological polar surface area (TPSA) is 73.1 Å². The van der Waals surface area contributed by atoms with Crippen molar-refractivity contribution in [1.29, 1.82) is 0 Å². The number of hydrogen-bond acceptors (Lipinski definition) is 4. The van der Waals surface area contributed by atoms with Crippen molar-refractivity contribution < 1.29 is 4.79 Å². The third-order valence-electron chi connectivity index (χ3n) is 3.79. The number of rotatable bonds is 5. The first-order valence-corrected chi connectivity index (χ1v) is 8.51. The Kier molecular flexibility index (Phi) is 4.61. The maximum Gasteiger partial charge on any atom is 0.317 e. The van der Waals surface area contributed by atoms with Gasteiger partial charge >= 0.3 is 11.1 Å². The molecule has 1 amide bonds. The molecule has 7 heteroatoms. The zero-order chi connectivity index (χ0) is 17.1. The zero-order valence-corrected chi connectivity index (χ0v) is 14.0. The number of carbonyl (C=O) groups is 1. The first-order valence-electron chi connectivity index (χ1n) is 7.63. The lowest BCUT2D eigenvalue weighted by atomic mass is 10.2. The van der Waals surface area contributed by atoms with Crippen LogP contribution in [0.25, 0.3) is 11.0 Å². The Bertz CT molecular complexity index is 986. The van der Waals surface area contributed by atoms with Crippen molar-refractivity contribution in [3.63, 3.8) is 0 Å². The molecule has 0 saturated heterocycles. The number of thiophene rings is 1. The molecule has 1 N–H and O–H groups in total. The Morgan fingerprint density at radius 1 is 1.04 bits per heavy atom. The molecule has 0 fully saturated rings. The van der Waals surface area contributed by atoms with E-state index in [0.29, 0.717) is 24.1 Å². The summed E-state index contributed by atoms with van der Waals surface area (Å²) in [5, 5.41) is 4.71. The summed E-state index contributed by atoms with van der Waals surface area (Å²) in [5.74, 6) is -0.302. The number of nitrogens with one attached hydrogen (secondary N) is 1. The summed E-state index contributed by atoms with van der Waals surface area (Å²) in [4.78, 5) is 37.9. The van der Waals surface area contributed by atoms with Gasteiger partial charge in [0.1, 0.15) is 6.54 Å². The summed E-state index contributed by atoms with van der Waals surface area (Å²) in [6.45, 7) is 2.45. The number of fused-ring (bicyclic) bond motifs is 1. The minimum absolute atomic E-state index is 0.176. The Morgan fingerprint density at radius 2 is 1.71 bits per heavy atom. The van der Waals surface area contributed by atoms with Crippen LogP contribution in [-0.2, 0) is 24.4 Å². The molecule has 1 aromatic carbocycles. The number of carbonyl (C=O) groups excluding carboxylic acids is 1. The molecule has 2 heterocycles. The second kappa shape index (κ2) is 6.84. The van der Waals surface area contributed by atoms with Gasteiger partial charge in [-0.3, -0.25) is 19.0 Å². The highest BCUT2D eigenvalue weighted by Crippen LogP contribution is 2.10. The molecular formula is C17H17N3O3S. The minimum atomic E-state index is -0.679. The summed E-state index contributed by atoms with van der Waals surface area (Å²) in [7, 11) is 0. The van der Waals surface area contributed by atoms with Crippen LogP contribution in [0.15, 0.2) is 51.4 Å². The van der Waals surface area contributed by atoms with E-state index in [1.165, 1.54) is 9.13 Å². The van der Waals surface area contributed by atoms with Gasteiger partial charge in [0.2, 0.25) is 5.91 Å². The fraction of sp³-hybridized carbons (Fsp3) is 0.235. The number of para-hydroxylation sites is 2. The summed E-state index contributed by atoms with van der Waals surface area (Å²) in [6, 6.07) is 10.9. The Balaban J connectivity index is 1.94. The normalized spacial score (nSPS) is 10.9. The van der Waals surface area contributed by atoms with Crippen LogP contribution in [0.3, 0.4) is 0 Å². The van der Waals surface area contributed by atoms with Gasteiger partial charge in [0, 0.05) is 11.4 Å². The van der Waals surface area contributed by atoms with E-state index >= 15 is 0 Å². The predicted molar refractivity (Wildman–Crippen MR) is 94.3 cm³/mol. The first-order chi connectivity index (χ1) is 11.6. The standard InChI is InChI=1S/C17H17N3O3S/c1-2-19-13-7-3-4-8-14(13)20(17(23)16(19)22)11-15(21)18-10-12-6-5-9-24-12/h3-9H,2,10-11H2,1H3,(H,18,21). The highest BCUT2D eigenvalue weighted by Gasteiger charge is 2.14. The summed E-state index contributed by atoms with van der Waals surface area (Å²) in [5.41, 5.74) is -0.0602. The number of aryl methyl sites for hydroxylation is 1. The molecule has 0 aliphatic carbocycles. The van der Waals surface area contributed by atoms with Crippen LogP contribution >= 0.6 is 11.3 Å². The van der Waals surface area contributed by atoms with Crippen LogP contribution in [0.1, 0.15) is 11.8 Å². The van der Waals surface area contributed by atoms with E-state index in [-0.39, 0.29) is 12.5 Å². The van der Waals surface area contributed by atoms with Crippen LogP contribution in [-0.4, -0.2) is 15.0 Å². The monoisotopic (exact) mass is 343 g/mol. The first kappa shape index (κ1) is 16.2. The van der Waals surface area contributed by atoms with Crippen molar-refractivity contribution in [2.24, 2.45) is 0 Å². The Hall–Kier alpha value is -2.67. The average molecular weight is 343 g/mol. The molecule has 124 valence electrons. The van der Waals surface area contributed by atoms with Gasteiger partial charge in [-0.25, -0.2) is 0 Å². The largest absolute Gasteiger partial charge is 0.350 e. The molecule has 0 atom stereocenters. The average Bonchev–Trinajstić information content (AvgIpc) is 3.11. The van der Waals surface area contributed by atoms with Crippen molar-refractivity contribution in [3.8, 4) is 0 Å². The third kappa shape index (κ3) is 3.03. The Labute approximate surface area is 142 Å². The molecule has 0 bridgehead atoms. The number of benzene rings is 1. The highest BCUT2D eigenvalue weighted by atomic mass is 32.1. The van der Waals surface area contributed by atoms with E-state index in [2.05, 4.69) is 5.32 Å². The number of nitrogens with zero attached hydrogens (tertiary/aromatic N) is 2. The third-order valence-corrected chi connectivity index (χ3v) is 4.67. The molecule has 0 saturated carbocycles. The SMILES string of the molecule is CCn1c(=O)c(=O)n(CC(=O)NCc2cccs2)c2ccccc21. The van der Waals surface area contributed by atoms with E-state index in [1.807, 2.05) is 24.4 Å². The fourth-order valence-corrected chi connectivity index (χ4v) is 3.28. The molecular weight excluding hydrogens is 326 g/mol. The van der Waals surface area contributed by atoms with Gasteiger partial charge in [-0.1, -0.05) is 18.2 Å². The van der Waals surface area contributed by atoms with Crippen LogP contribution < -0.4 is 16.4 Å². The van der Waals surface area contributed by atoms with E-state index in [9.17, 15) is 14.4 Å². The lowest BCUT2D eigenvalue weighted by Crippen LogP contribution is -2.43. The van der Waals surface area contributed by atoms with Crippen LogP contribution in [0.4, 0.5) is 0 Å². The van der Waals surface area contributed by atoms with Crippen molar-refractivity contribution in [2.75, 3.05) is 0 Å². The number of aromatic nitrogens is 2. The van der Waals surface area contributed by atoms with E-state index in [1.54, 1.807) is 35.6 Å². The van der Waals surface area contributed by atoms with Gasteiger partial charge in [0.15, 0.2) is 0 Å². The van der Waals surface area contributed by atoms with Crippen molar-refractivity contribution in [2.45, 2.75) is 26.6 Å². The minimum Gasteiger partial charge on any atom is -0.350 e. The van der Waals surface area contributed by atoms with E-state index < -0.39 is 11.1 Å². The summed E-state index contributed by atoms with van der Waals surface area (Å²) >= 11 is 1.55. The van der Waals surface area contributed by atoms with Gasteiger partial charge in [-0.05, 0) is 30.5 Å². The molecule has 0 aliphatic heterocycles. The summed E-state index contributed by atoms with van der Waals surface area (Å²) in [6.07, 6.45) is 0. The smallest absolute Gasteiger partial charge is 0.317 e. The highest BCUT2D eigenvalue weighted by molar-refractivity contribution is 7.09. The van der Waals surface area contributed by atoms with Crippen molar-refractivity contribution in [1.82, 2.24) is 14.5 Å². The number of hydrogen-bond donors (Lipinski definition) is 1. The Morgan fingerprint density at radius 3 is 2.33 bits per heavy atom. The lowest BCUT2D eigenvalue weighted by molar-refractivity contribution is -0.121. The maximum atomic E-state index is 12.4. The molecule has 0 spiro atoms. The maximum absolute atomic E-state index is 12.4. The van der Waals surface area contributed by atoms with Gasteiger partial charge in [-0.2, -0.15) is 0 Å². The lowest BCUT2D eigenvalue weighted by Gasteiger charge is -2.13. The van der Waals surface area contributed by atoms with Gasteiger partial charge in [0.05, 0.1) is 17.6 Å². The molecule has 0 aliphatic rings. The molecule has 0 unspecified atom stereocenters. The van der Waals surface area contributed by atoms with Crippen molar-refractivity contribution >= 4 is 28.3 Å². The number of amides is 1. The molecule has 24 heavy (non-hydrogen) atoms. The van der Waals surface area contributed by atoms with Crippen LogP contribution in [0.5, 0.6) is 0 Å². The molecule has 0 radical (unpaired) electrons. The van der Waals surface area contributed by atoms with Crippen LogP contribution in [0, 0.1) is 0 Å². The zero-order valence-electron chi connectivity index (χ0n) is 13.2. The van der Waals surface area contributed by atoms with Crippen LogP contribution in [0.2, 0.25) is 0 Å². The van der Waals surface area contributed by atoms with Gasteiger partial charge in [-0.15, -0.1) is 11.3 Å². The summed E-state index contributed by atoms with van der Waals surface area (Å²) < 4.78 is 2.67. The van der Waals surface area contributed by atoms with Gasteiger partial charge < -0.3 is 9.88 Å². The van der Waals surface area contributed by atoms with Gasteiger partial charge in [0.25, 0.3) is 0 Å². The van der Waals surface area contributed by atoms with E-state index in [0.717, 1.165) is 4.88 Å². The molecule has 2 aromatic heterocycles. The molecule has 3 aromatic rings. The molecule has 6 nitrogen and oxygen atoms in total. The second-order valence-electron chi connectivity index (χ2n) is 5.29. The predicted octanol–water partition coefficient (Wildman–Crippen LogP) is 1.56. The quantitative estimate of drug-likeness (QED) is 0.715. The van der Waals surface area contributed by atoms with Crippen molar-refractivity contribution in [3.05, 3.63) is 67.4 Å².